The minimum absolute atomic E-state index is 0.0237. The normalized spacial score (nSPS) is 15.2. The molecule has 0 N–H and O–H groups in total. The van der Waals surface area contributed by atoms with Crippen molar-refractivity contribution in [3.63, 3.8) is 0 Å². The predicted molar refractivity (Wildman–Crippen MR) is 177 cm³/mol. The van der Waals surface area contributed by atoms with Crippen LogP contribution in [0.2, 0.25) is 0 Å². The molecular weight excluding hydrogens is 576 g/mol. The van der Waals surface area contributed by atoms with Crippen LogP contribution >= 0.6 is 0 Å². The molecule has 0 amide bonds. The first kappa shape index (κ1) is 42.6. The second kappa shape index (κ2) is 23.0. The Kier molecular flexibility index (Phi) is 21.8. The molecule has 0 saturated heterocycles. The quantitative estimate of drug-likeness (QED) is 0.0720. The van der Waals surface area contributed by atoms with Gasteiger partial charge in [0.25, 0.3) is 0 Å². The van der Waals surface area contributed by atoms with Crippen LogP contribution in [-0.4, -0.2) is 73.3 Å². The molecule has 0 saturated carbocycles. The number of ether oxygens (including phenoxy) is 5. The van der Waals surface area contributed by atoms with Crippen LogP contribution in [0.4, 0.5) is 0 Å². The van der Waals surface area contributed by atoms with Gasteiger partial charge in [-0.25, -0.2) is 9.59 Å². The van der Waals surface area contributed by atoms with Gasteiger partial charge in [0.15, 0.2) is 11.6 Å². The number of carbonyl (C=O) groups excluding carboxylic acids is 4. The van der Waals surface area contributed by atoms with Gasteiger partial charge in [0.05, 0.1) is 32.0 Å². The highest BCUT2D eigenvalue weighted by Crippen LogP contribution is 2.19. The standard InChI is InChI=1S/C36H62O9/c1-11-15-17-29(13-3)25-43-34(40)22-20-32(38)36(9,10)45-28(6)24-41-27(5)23-42-33(39)21-19-31(37)35(7,8)44-26-30(14-4)18-16-12-2/h19-22,27-30H,11-18,23-26H2,1-10H3/b21-19+,22-20+. The monoisotopic (exact) mass is 638 g/mol. The lowest BCUT2D eigenvalue weighted by molar-refractivity contribution is -0.151. The molecule has 9 heteroatoms. The summed E-state index contributed by atoms with van der Waals surface area (Å²) in [5, 5.41) is 0. The summed E-state index contributed by atoms with van der Waals surface area (Å²) < 4.78 is 28.0. The third-order valence-corrected chi connectivity index (χ3v) is 7.73. The highest BCUT2D eigenvalue weighted by Gasteiger charge is 2.30. The van der Waals surface area contributed by atoms with Crippen molar-refractivity contribution in [1.29, 1.82) is 0 Å². The van der Waals surface area contributed by atoms with Crippen molar-refractivity contribution in [3.05, 3.63) is 24.3 Å². The maximum atomic E-state index is 12.7. The summed E-state index contributed by atoms with van der Waals surface area (Å²) >= 11 is 0. The van der Waals surface area contributed by atoms with Gasteiger partial charge in [-0.05, 0) is 78.4 Å². The molecule has 0 radical (unpaired) electrons. The van der Waals surface area contributed by atoms with Crippen molar-refractivity contribution < 1.29 is 42.9 Å². The van der Waals surface area contributed by atoms with Gasteiger partial charge in [0, 0.05) is 12.2 Å². The first-order valence-electron chi connectivity index (χ1n) is 16.8. The van der Waals surface area contributed by atoms with E-state index in [1.165, 1.54) is 12.2 Å². The van der Waals surface area contributed by atoms with Crippen molar-refractivity contribution in [1.82, 2.24) is 0 Å². The predicted octanol–water partition coefficient (Wildman–Crippen LogP) is 7.14. The summed E-state index contributed by atoms with van der Waals surface area (Å²) in [6.07, 6.45) is 12.2. The van der Waals surface area contributed by atoms with E-state index in [-0.39, 0.29) is 24.8 Å². The summed E-state index contributed by atoms with van der Waals surface area (Å²) in [5.74, 6) is -1.16. The molecule has 0 fully saturated rings. The number of unbranched alkanes of at least 4 members (excludes halogenated alkanes) is 2. The first-order valence-corrected chi connectivity index (χ1v) is 16.8. The molecule has 0 spiro atoms. The molecule has 0 bridgehead atoms. The Bertz CT molecular complexity index is 935. The molecule has 0 aromatic carbocycles. The summed E-state index contributed by atoms with van der Waals surface area (Å²) in [4.78, 5) is 49.6. The van der Waals surface area contributed by atoms with Crippen LogP contribution in [0.5, 0.6) is 0 Å². The van der Waals surface area contributed by atoms with Gasteiger partial charge in [-0.2, -0.15) is 0 Å². The summed E-state index contributed by atoms with van der Waals surface area (Å²) in [6, 6.07) is 0. The van der Waals surface area contributed by atoms with Crippen LogP contribution < -0.4 is 0 Å². The fraction of sp³-hybridized carbons (Fsp3) is 0.778. The summed E-state index contributed by atoms with van der Waals surface area (Å²) in [7, 11) is 0. The second-order valence-corrected chi connectivity index (χ2v) is 12.9. The van der Waals surface area contributed by atoms with Gasteiger partial charge in [0.2, 0.25) is 0 Å². The molecular formula is C36H62O9. The van der Waals surface area contributed by atoms with E-state index in [1.54, 1.807) is 41.5 Å². The zero-order valence-electron chi connectivity index (χ0n) is 29.8. The molecule has 0 aliphatic heterocycles. The third kappa shape index (κ3) is 19.7. The number of esters is 2. The van der Waals surface area contributed by atoms with Crippen molar-refractivity contribution in [2.45, 2.75) is 144 Å². The molecule has 9 nitrogen and oxygen atoms in total. The Morgan fingerprint density at radius 2 is 1.07 bits per heavy atom. The van der Waals surface area contributed by atoms with Crippen molar-refractivity contribution >= 4 is 23.5 Å². The summed E-state index contributed by atoms with van der Waals surface area (Å²) in [5.41, 5.74) is -2.23. The van der Waals surface area contributed by atoms with E-state index in [1.807, 2.05) is 0 Å². The number of carbonyl (C=O) groups is 4. The molecule has 0 rings (SSSR count). The minimum Gasteiger partial charge on any atom is -0.462 e. The lowest BCUT2D eigenvalue weighted by Crippen LogP contribution is -2.39. The largest absolute Gasteiger partial charge is 0.462 e. The van der Waals surface area contributed by atoms with E-state index < -0.39 is 35.3 Å². The maximum absolute atomic E-state index is 12.7. The number of hydrogen-bond donors (Lipinski definition) is 0. The zero-order chi connectivity index (χ0) is 34.5. The van der Waals surface area contributed by atoms with E-state index in [2.05, 4.69) is 27.7 Å². The number of ketones is 2. The lowest BCUT2D eigenvalue weighted by Gasteiger charge is -2.27. The van der Waals surface area contributed by atoms with Crippen LogP contribution in [0.25, 0.3) is 0 Å². The average Bonchev–Trinajstić information content (AvgIpc) is 3.00. The van der Waals surface area contributed by atoms with Gasteiger partial charge in [-0.3, -0.25) is 9.59 Å². The SMILES string of the molecule is CCCCC(CC)COC(=O)/C=C/C(=O)C(C)(C)OC(C)COC(C)COC(=O)/C=C/C(=O)C(C)(C)OCC(CC)CCCC. The molecule has 0 aliphatic carbocycles. The van der Waals surface area contributed by atoms with Crippen LogP contribution in [0, 0.1) is 11.8 Å². The van der Waals surface area contributed by atoms with Crippen LogP contribution in [-0.2, 0) is 42.9 Å². The Hall–Kier alpha value is -2.36. The second-order valence-electron chi connectivity index (χ2n) is 12.9. The third-order valence-electron chi connectivity index (χ3n) is 7.73. The Morgan fingerprint density at radius 3 is 1.56 bits per heavy atom. The Labute approximate surface area is 272 Å². The van der Waals surface area contributed by atoms with E-state index in [9.17, 15) is 19.2 Å². The molecule has 0 aliphatic rings. The highest BCUT2D eigenvalue weighted by molar-refractivity contribution is 6.01. The van der Waals surface area contributed by atoms with E-state index in [4.69, 9.17) is 23.7 Å². The van der Waals surface area contributed by atoms with Gasteiger partial charge < -0.3 is 23.7 Å². The highest BCUT2D eigenvalue weighted by atomic mass is 16.6. The maximum Gasteiger partial charge on any atom is 0.330 e. The van der Waals surface area contributed by atoms with Crippen molar-refractivity contribution in [2.24, 2.45) is 11.8 Å². The molecule has 4 atom stereocenters. The summed E-state index contributed by atoms with van der Waals surface area (Å²) in [6.45, 7) is 19.6. The molecule has 0 aromatic rings. The van der Waals surface area contributed by atoms with Crippen LogP contribution in [0.3, 0.4) is 0 Å². The molecule has 45 heavy (non-hydrogen) atoms. The van der Waals surface area contributed by atoms with Crippen molar-refractivity contribution in [2.75, 3.05) is 26.4 Å². The smallest absolute Gasteiger partial charge is 0.330 e. The minimum atomic E-state index is -1.19. The van der Waals surface area contributed by atoms with Crippen LogP contribution in [0.1, 0.15) is 121 Å². The van der Waals surface area contributed by atoms with Crippen molar-refractivity contribution in [3.8, 4) is 0 Å². The lowest BCUT2D eigenvalue weighted by atomic mass is 9.99. The van der Waals surface area contributed by atoms with E-state index >= 15 is 0 Å². The van der Waals surface area contributed by atoms with E-state index in [0.29, 0.717) is 25.0 Å². The van der Waals surface area contributed by atoms with Crippen LogP contribution in [0.15, 0.2) is 24.3 Å². The first-order chi connectivity index (χ1) is 21.1. The molecule has 0 aromatic heterocycles. The molecule has 4 unspecified atom stereocenters. The molecule has 260 valence electrons. The van der Waals surface area contributed by atoms with Gasteiger partial charge in [0.1, 0.15) is 17.8 Å². The number of hydrogen-bond acceptors (Lipinski definition) is 9. The topological polar surface area (TPSA) is 114 Å². The van der Waals surface area contributed by atoms with E-state index in [0.717, 1.165) is 63.5 Å². The van der Waals surface area contributed by atoms with Gasteiger partial charge >= 0.3 is 11.9 Å². The Morgan fingerprint density at radius 1 is 0.600 bits per heavy atom. The fourth-order valence-corrected chi connectivity index (χ4v) is 4.32. The van der Waals surface area contributed by atoms with Gasteiger partial charge in [-0.15, -0.1) is 0 Å². The molecule has 0 heterocycles. The Balaban J connectivity index is 4.57. The fourth-order valence-electron chi connectivity index (χ4n) is 4.32. The van der Waals surface area contributed by atoms with Gasteiger partial charge in [-0.1, -0.05) is 66.2 Å². The zero-order valence-corrected chi connectivity index (χ0v) is 29.8. The average molecular weight is 639 g/mol. The number of rotatable bonds is 26.